The fourth-order valence-corrected chi connectivity index (χ4v) is 2.90. The van der Waals surface area contributed by atoms with E-state index in [0.29, 0.717) is 13.0 Å². The fraction of sp³-hybridized carbons (Fsp3) is 0.190. The molecule has 0 atom stereocenters. The van der Waals surface area contributed by atoms with E-state index in [1.165, 1.54) is 13.2 Å². The average molecular weight is 348 g/mol. The molecule has 3 rings (SSSR count). The SMILES string of the molecule is COC(=O)/C=C\CCN1C(=O)CN=C(c2ccccc2)c2ccccc21. The van der Waals surface area contributed by atoms with Crippen LogP contribution in [0.1, 0.15) is 17.5 Å². The van der Waals surface area contributed by atoms with Gasteiger partial charge in [0.25, 0.3) is 0 Å². The number of hydrogen-bond donors (Lipinski definition) is 0. The van der Waals surface area contributed by atoms with Gasteiger partial charge in [0.05, 0.1) is 18.5 Å². The van der Waals surface area contributed by atoms with Crippen molar-refractivity contribution >= 4 is 23.3 Å². The lowest BCUT2D eigenvalue weighted by molar-refractivity contribution is -0.134. The molecule has 5 heteroatoms. The second kappa shape index (κ2) is 8.25. The Morgan fingerprint density at radius 3 is 2.65 bits per heavy atom. The molecule has 0 spiro atoms. The van der Waals surface area contributed by atoms with E-state index in [1.54, 1.807) is 11.0 Å². The lowest BCUT2D eigenvalue weighted by Gasteiger charge is -2.22. The summed E-state index contributed by atoms with van der Waals surface area (Å²) in [5.74, 6) is -0.461. The standard InChI is InChI=1S/C21H20N2O3/c1-26-20(25)13-7-8-14-23-18-12-6-5-11-17(18)21(22-15-19(23)24)16-9-3-2-4-10-16/h2-7,9-13H,8,14-15H2,1H3/b13-7-. The quantitative estimate of drug-likeness (QED) is 0.616. The number of ether oxygens (including phenoxy) is 1. The first-order chi connectivity index (χ1) is 12.7. The summed E-state index contributed by atoms with van der Waals surface area (Å²) >= 11 is 0. The van der Waals surface area contributed by atoms with Gasteiger partial charge in [0, 0.05) is 23.7 Å². The number of fused-ring (bicyclic) bond motifs is 1. The minimum Gasteiger partial charge on any atom is -0.466 e. The number of esters is 1. The van der Waals surface area contributed by atoms with Crippen molar-refractivity contribution in [1.82, 2.24) is 0 Å². The van der Waals surface area contributed by atoms with Crippen molar-refractivity contribution in [3.8, 4) is 0 Å². The zero-order valence-corrected chi connectivity index (χ0v) is 14.6. The van der Waals surface area contributed by atoms with Gasteiger partial charge >= 0.3 is 5.97 Å². The van der Waals surface area contributed by atoms with Crippen molar-refractivity contribution in [3.63, 3.8) is 0 Å². The van der Waals surface area contributed by atoms with E-state index in [-0.39, 0.29) is 12.5 Å². The van der Waals surface area contributed by atoms with Gasteiger partial charge in [-0.1, -0.05) is 54.6 Å². The van der Waals surface area contributed by atoms with Crippen LogP contribution in [-0.2, 0) is 14.3 Å². The van der Waals surface area contributed by atoms with Crippen molar-refractivity contribution in [2.45, 2.75) is 6.42 Å². The molecule has 1 aliphatic rings. The summed E-state index contributed by atoms with van der Waals surface area (Å²) in [6, 6.07) is 17.6. The number of amides is 1. The predicted molar refractivity (Wildman–Crippen MR) is 102 cm³/mol. The number of methoxy groups -OCH3 is 1. The normalized spacial score (nSPS) is 14.0. The monoisotopic (exact) mass is 348 g/mol. The number of anilines is 1. The number of rotatable bonds is 5. The number of carbonyl (C=O) groups is 2. The zero-order valence-electron chi connectivity index (χ0n) is 14.6. The van der Waals surface area contributed by atoms with E-state index < -0.39 is 5.97 Å². The van der Waals surface area contributed by atoms with E-state index in [1.807, 2.05) is 54.6 Å². The van der Waals surface area contributed by atoms with E-state index in [2.05, 4.69) is 9.73 Å². The molecule has 0 aromatic heterocycles. The minimum atomic E-state index is -0.401. The number of benzene rings is 2. The Labute approximate surface area is 152 Å². The van der Waals surface area contributed by atoms with Crippen LogP contribution in [0.25, 0.3) is 0 Å². The highest BCUT2D eigenvalue weighted by Crippen LogP contribution is 2.27. The molecule has 0 bridgehead atoms. The van der Waals surface area contributed by atoms with Gasteiger partial charge in [-0.2, -0.15) is 0 Å². The Bertz CT molecular complexity index is 857. The molecule has 5 nitrogen and oxygen atoms in total. The van der Waals surface area contributed by atoms with E-state index in [4.69, 9.17) is 0 Å². The summed E-state index contributed by atoms with van der Waals surface area (Å²) in [6.45, 7) is 0.570. The highest BCUT2D eigenvalue weighted by Gasteiger charge is 2.24. The molecule has 1 amide bonds. The van der Waals surface area contributed by atoms with Crippen LogP contribution in [-0.4, -0.2) is 37.8 Å². The van der Waals surface area contributed by atoms with E-state index in [9.17, 15) is 9.59 Å². The van der Waals surface area contributed by atoms with Crippen molar-refractivity contribution < 1.29 is 14.3 Å². The van der Waals surface area contributed by atoms with Crippen LogP contribution in [0.5, 0.6) is 0 Å². The number of benzodiazepines with no additional fused rings is 1. The van der Waals surface area contributed by atoms with Crippen molar-refractivity contribution in [1.29, 1.82) is 0 Å². The summed E-state index contributed by atoms with van der Waals surface area (Å²) in [5, 5.41) is 0. The molecule has 1 heterocycles. The molecule has 0 fully saturated rings. The van der Waals surface area contributed by atoms with Gasteiger partial charge in [0.1, 0.15) is 6.54 Å². The van der Waals surface area contributed by atoms with E-state index >= 15 is 0 Å². The second-order valence-corrected chi connectivity index (χ2v) is 5.81. The van der Waals surface area contributed by atoms with Crippen LogP contribution in [0, 0.1) is 0 Å². The summed E-state index contributed by atoms with van der Waals surface area (Å²) in [6.07, 6.45) is 3.64. The number of aliphatic imine (C=N–C) groups is 1. The van der Waals surface area contributed by atoms with E-state index in [0.717, 1.165) is 22.5 Å². The van der Waals surface area contributed by atoms with Crippen LogP contribution in [0.2, 0.25) is 0 Å². The lowest BCUT2D eigenvalue weighted by atomic mass is 10.0. The maximum Gasteiger partial charge on any atom is 0.330 e. The summed E-state index contributed by atoms with van der Waals surface area (Å²) in [4.78, 5) is 30.1. The molecule has 1 aliphatic heterocycles. The highest BCUT2D eigenvalue weighted by molar-refractivity contribution is 6.19. The minimum absolute atomic E-state index is 0.0603. The van der Waals surface area contributed by atoms with Gasteiger partial charge in [0.15, 0.2) is 0 Å². The first kappa shape index (κ1) is 17.6. The van der Waals surface area contributed by atoms with Crippen LogP contribution in [0.15, 0.2) is 71.7 Å². The topological polar surface area (TPSA) is 59.0 Å². The smallest absolute Gasteiger partial charge is 0.330 e. The van der Waals surface area contributed by atoms with Gasteiger partial charge in [-0.15, -0.1) is 0 Å². The van der Waals surface area contributed by atoms with Gasteiger partial charge in [-0.05, 0) is 12.5 Å². The highest BCUT2D eigenvalue weighted by atomic mass is 16.5. The Hall–Kier alpha value is -3.21. The van der Waals surface area contributed by atoms with Gasteiger partial charge in [0.2, 0.25) is 5.91 Å². The third kappa shape index (κ3) is 3.88. The molecule has 2 aromatic rings. The Morgan fingerprint density at radius 2 is 1.88 bits per heavy atom. The molecular weight excluding hydrogens is 328 g/mol. The largest absolute Gasteiger partial charge is 0.466 e. The Kier molecular flexibility index (Phi) is 5.59. The lowest BCUT2D eigenvalue weighted by Crippen LogP contribution is -2.33. The van der Waals surface area contributed by atoms with Crippen LogP contribution in [0.4, 0.5) is 5.69 Å². The summed E-state index contributed by atoms with van der Waals surface area (Å²) < 4.78 is 4.58. The van der Waals surface area contributed by atoms with Crippen molar-refractivity contribution in [3.05, 3.63) is 77.9 Å². The Morgan fingerprint density at radius 1 is 1.15 bits per heavy atom. The third-order valence-corrected chi connectivity index (χ3v) is 4.15. The van der Waals surface area contributed by atoms with Crippen LogP contribution >= 0.6 is 0 Å². The number of hydrogen-bond acceptors (Lipinski definition) is 4. The number of carbonyl (C=O) groups excluding carboxylic acids is 2. The first-order valence-corrected chi connectivity index (χ1v) is 8.45. The second-order valence-electron chi connectivity index (χ2n) is 5.81. The Balaban J connectivity index is 1.89. The van der Waals surface area contributed by atoms with Crippen molar-refractivity contribution in [2.24, 2.45) is 4.99 Å². The molecule has 2 aromatic carbocycles. The summed E-state index contributed by atoms with van der Waals surface area (Å²) in [5.41, 5.74) is 3.58. The first-order valence-electron chi connectivity index (χ1n) is 8.45. The maximum absolute atomic E-state index is 12.6. The van der Waals surface area contributed by atoms with Gasteiger partial charge in [-0.25, -0.2) is 4.79 Å². The molecule has 0 radical (unpaired) electrons. The molecule has 132 valence electrons. The number of nitrogens with zero attached hydrogens (tertiary/aromatic N) is 2. The van der Waals surface area contributed by atoms with Gasteiger partial charge in [-0.3, -0.25) is 9.79 Å². The van der Waals surface area contributed by atoms with Gasteiger partial charge < -0.3 is 9.64 Å². The summed E-state index contributed by atoms with van der Waals surface area (Å²) in [7, 11) is 1.34. The molecule has 0 N–H and O–H groups in total. The molecule has 26 heavy (non-hydrogen) atoms. The zero-order chi connectivity index (χ0) is 18.4. The maximum atomic E-state index is 12.6. The molecule has 0 saturated carbocycles. The number of para-hydroxylation sites is 1. The van der Waals surface area contributed by atoms with Crippen LogP contribution < -0.4 is 4.90 Å². The average Bonchev–Trinajstić information content (AvgIpc) is 2.82. The molecule has 0 aliphatic carbocycles. The fourth-order valence-electron chi connectivity index (χ4n) is 2.90. The third-order valence-electron chi connectivity index (χ3n) is 4.15. The molecule has 0 saturated heterocycles. The van der Waals surface area contributed by atoms with Crippen molar-refractivity contribution in [2.75, 3.05) is 25.1 Å². The molecule has 0 unspecified atom stereocenters. The predicted octanol–water partition coefficient (Wildman–Crippen LogP) is 2.99. The molecular formula is C21H20N2O3. The van der Waals surface area contributed by atoms with Crippen LogP contribution in [0.3, 0.4) is 0 Å².